The summed E-state index contributed by atoms with van der Waals surface area (Å²) in [4.78, 5) is 4.36. The van der Waals surface area contributed by atoms with Gasteiger partial charge in [0.25, 0.3) is 0 Å². The minimum absolute atomic E-state index is 0.176. The van der Waals surface area contributed by atoms with Crippen molar-refractivity contribution in [1.29, 1.82) is 0 Å². The predicted molar refractivity (Wildman–Crippen MR) is 74.1 cm³/mol. The van der Waals surface area contributed by atoms with Crippen LogP contribution in [0.3, 0.4) is 0 Å². The molecule has 3 nitrogen and oxygen atoms in total. The molecule has 0 aliphatic heterocycles. The molecule has 0 bridgehead atoms. The summed E-state index contributed by atoms with van der Waals surface area (Å²) in [5.74, 6) is 0. The van der Waals surface area contributed by atoms with Crippen molar-refractivity contribution in [2.45, 2.75) is 18.7 Å². The zero-order valence-electron chi connectivity index (χ0n) is 11.0. The Morgan fingerprint density at radius 3 is 2.62 bits per heavy atom. The topological polar surface area (TPSA) is 42.4 Å². The van der Waals surface area contributed by atoms with Gasteiger partial charge in [0.05, 0.1) is 23.4 Å². The molecule has 0 saturated carbocycles. The van der Waals surface area contributed by atoms with Gasteiger partial charge in [-0.2, -0.15) is 13.2 Å². The zero-order chi connectivity index (χ0) is 15.3. The van der Waals surface area contributed by atoms with E-state index in [1.165, 1.54) is 11.3 Å². The quantitative estimate of drug-likeness (QED) is 0.889. The number of alkyl halides is 3. The van der Waals surface area contributed by atoms with Gasteiger partial charge in [0.15, 0.2) is 0 Å². The summed E-state index contributed by atoms with van der Waals surface area (Å²) in [6.45, 7) is -1.71. The Labute approximate surface area is 124 Å². The van der Waals surface area contributed by atoms with E-state index in [1.54, 1.807) is 0 Å². The fourth-order valence-corrected chi connectivity index (χ4v) is 2.59. The van der Waals surface area contributed by atoms with Gasteiger partial charge in [-0.25, -0.2) is 4.98 Å². The summed E-state index contributed by atoms with van der Waals surface area (Å²) >= 11 is 1.36. The first-order valence-electron chi connectivity index (χ1n) is 6.26. The summed E-state index contributed by atoms with van der Waals surface area (Å²) in [6, 6.07) is 9.53. The van der Waals surface area contributed by atoms with Gasteiger partial charge >= 0.3 is 6.18 Å². The van der Waals surface area contributed by atoms with Gasteiger partial charge < -0.3 is 9.84 Å². The lowest BCUT2D eigenvalue weighted by Crippen LogP contribution is -2.24. The zero-order valence-corrected chi connectivity index (χ0v) is 11.8. The average Bonchev–Trinajstić information content (AvgIpc) is 2.86. The monoisotopic (exact) mass is 317 g/mol. The third kappa shape index (κ3) is 5.45. The van der Waals surface area contributed by atoms with Crippen LogP contribution in [0.15, 0.2) is 35.7 Å². The number of aromatic nitrogens is 1. The molecule has 114 valence electrons. The highest BCUT2D eigenvalue weighted by Gasteiger charge is 2.27. The maximum atomic E-state index is 11.9. The van der Waals surface area contributed by atoms with Gasteiger partial charge in [0.1, 0.15) is 6.61 Å². The maximum Gasteiger partial charge on any atom is 0.411 e. The number of aliphatic hydroxyl groups is 1. The molecule has 7 heteroatoms. The predicted octanol–water partition coefficient (Wildman–Crippen LogP) is 3.29. The number of benzene rings is 1. The summed E-state index contributed by atoms with van der Waals surface area (Å²) in [5, 5.41) is 12.2. The molecule has 0 saturated heterocycles. The van der Waals surface area contributed by atoms with Gasteiger partial charge in [-0.3, -0.25) is 0 Å². The van der Waals surface area contributed by atoms with Gasteiger partial charge in [-0.05, 0) is 0 Å². The molecular formula is C14H14F3NO2S. The number of aliphatic hydroxyl groups excluding tert-OH is 1. The molecule has 0 spiro atoms. The lowest BCUT2D eigenvalue weighted by atomic mass is 10.2. The standard InChI is InChI=1S/C14H14F3NO2S/c15-14(16,17)9-20-7-11(19)6-13-18-12(8-21-13)10-4-2-1-3-5-10/h1-5,8,11,19H,6-7,9H2. The normalized spacial score (nSPS) is 13.3. The van der Waals surface area contributed by atoms with Crippen LogP contribution in [0.25, 0.3) is 11.3 Å². The molecule has 0 aliphatic rings. The van der Waals surface area contributed by atoms with Crippen molar-refractivity contribution in [2.24, 2.45) is 0 Å². The van der Waals surface area contributed by atoms with Crippen molar-refractivity contribution in [3.8, 4) is 11.3 Å². The number of thiazole rings is 1. The molecule has 1 unspecified atom stereocenters. The molecular weight excluding hydrogens is 303 g/mol. The number of hydrogen-bond donors (Lipinski definition) is 1. The van der Waals surface area contributed by atoms with E-state index < -0.39 is 18.9 Å². The Morgan fingerprint density at radius 2 is 1.95 bits per heavy atom. The third-order valence-corrected chi connectivity index (χ3v) is 3.48. The Balaban J connectivity index is 1.85. The minimum Gasteiger partial charge on any atom is -0.390 e. The third-order valence-electron chi connectivity index (χ3n) is 2.61. The van der Waals surface area contributed by atoms with Crippen molar-refractivity contribution >= 4 is 11.3 Å². The molecule has 1 heterocycles. The Hall–Kier alpha value is -1.44. The van der Waals surface area contributed by atoms with Crippen LogP contribution in [0.2, 0.25) is 0 Å². The minimum atomic E-state index is -4.37. The first-order valence-corrected chi connectivity index (χ1v) is 7.14. The molecule has 0 aliphatic carbocycles. The van der Waals surface area contributed by atoms with E-state index in [1.807, 2.05) is 35.7 Å². The van der Waals surface area contributed by atoms with Crippen LogP contribution in [0, 0.1) is 0 Å². The molecule has 1 N–H and O–H groups in total. The second-order valence-corrected chi connectivity index (χ2v) is 5.42. The van der Waals surface area contributed by atoms with Crippen LogP contribution in [-0.4, -0.2) is 35.6 Å². The molecule has 1 atom stereocenters. The van der Waals surface area contributed by atoms with E-state index in [2.05, 4.69) is 9.72 Å². The second-order valence-electron chi connectivity index (χ2n) is 4.48. The molecule has 0 fully saturated rings. The summed E-state index contributed by atoms with van der Waals surface area (Å²) in [7, 11) is 0. The average molecular weight is 317 g/mol. The molecule has 2 rings (SSSR count). The number of ether oxygens (including phenoxy) is 1. The highest BCUT2D eigenvalue weighted by Crippen LogP contribution is 2.22. The van der Waals surface area contributed by atoms with Crippen LogP contribution in [-0.2, 0) is 11.2 Å². The Bertz CT molecular complexity index is 557. The molecule has 1 aromatic heterocycles. The van der Waals surface area contributed by atoms with E-state index >= 15 is 0 Å². The van der Waals surface area contributed by atoms with Crippen LogP contribution >= 0.6 is 11.3 Å². The SMILES string of the molecule is OC(COCC(F)(F)F)Cc1nc(-c2ccccc2)cs1. The first kappa shape index (κ1) is 15.9. The van der Waals surface area contributed by atoms with E-state index in [-0.39, 0.29) is 13.0 Å². The van der Waals surface area contributed by atoms with Gasteiger partial charge in [0.2, 0.25) is 0 Å². The lowest BCUT2D eigenvalue weighted by molar-refractivity contribution is -0.179. The Morgan fingerprint density at radius 1 is 1.24 bits per heavy atom. The highest BCUT2D eigenvalue weighted by molar-refractivity contribution is 7.09. The highest BCUT2D eigenvalue weighted by atomic mass is 32.1. The van der Waals surface area contributed by atoms with Crippen LogP contribution < -0.4 is 0 Å². The first-order chi connectivity index (χ1) is 9.94. The fraction of sp³-hybridized carbons (Fsp3) is 0.357. The number of nitrogens with zero attached hydrogens (tertiary/aromatic N) is 1. The molecule has 21 heavy (non-hydrogen) atoms. The van der Waals surface area contributed by atoms with Crippen molar-refractivity contribution in [2.75, 3.05) is 13.2 Å². The second kappa shape index (κ2) is 7.02. The number of rotatable bonds is 6. The smallest absolute Gasteiger partial charge is 0.390 e. The molecule has 2 aromatic rings. The molecule has 0 radical (unpaired) electrons. The van der Waals surface area contributed by atoms with Gasteiger partial charge in [0, 0.05) is 17.4 Å². The molecule has 1 aromatic carbocycles. The van der Waals surface area contributed by atoms with Crippen molar-refractivity contribution < 1.29 is 23.0 Å². The van der Waals surface area contributed by atoms with Crippen molar-refractivity contribution in [3.63, 3.8) is 0 Å². The number of halogens is 3. The summed E-state index contributed by atoms with van der Waals surface area (Å²) < 4.78 is 40.1. The largest absolute Gasteiger partial charge is 0.411 e. The van der Waals surface area contributed by atoms with E-state index in [0.29, 0.717) is 5.01 Å². The summed E-state index contributed by atoms with van der Waals surface area (Å²) in [5.41, 5.74) is 1.75. The van der Waals surface area contributed by atoms with E-state index in [4.69, 9.17) is 0 Å². The van der Waals surface area contributed by atoms with Crippen LogP contribution in [0.5, 0.6) is 0 Å². The summed E-state index contributed by atoms with van der Waals surface area (Å²) in [6.07, 6.45) is -5.20. The van der Waals surface area contributed by atoms with Crippen LogP contribution in [0.4, 0.5) is 13.2 Å². The molecule has 0 amide bonds. The Kier molecular flexibility index (Phi) is 5.33. The van der Waals surface area contributed by atoms with Crippen LogP contribution in [0.1, 0.15) is 5.01 Å². The number of hydrogen-bond acceptors (Lipinski definition) is 4. The lowest BCUT2D eigenvalue weighted by Gasteiger charge is -2.11. The maximum absolute atomic E-state index is 11.9. The van der Waals surface area contributed by atoms with Gasteiger partial charge in [-0.15, -0.1) is 11.3 Å². The van der Waals surface area contributed by atoms with Crippen molar-refractivity contribution in [1.82, 2.24) is 4.98 Å². The fourth-order valence-electron chi connectivity index (χ4n) is 1.72. The van der Waals surface area contributed by atoms with Crippen molar-refractivity contribution in [3.05, 3.63) is 40.7 Å². The van der Waals surface area contributed by atoms with E-state index in [9.17, 15) is 18.3 Å². The van der Waals surface area contributed by atoms with Gasteiger partial charge in [-0.1, -0.05) is 30.3 Å². The van der Waals surface area contributed by atoms with E-state index in [0.717, 1.165) is 11.3 Å².